The van der Waals surface area contributed by atoms with Crippen LogP contribution in [-0.4, -0.2) is 4.98 Å². The van der Waals surface area contributed by atoms with Gasteiger partial charge in [-0.15, -0.1) is 11.6 Å². The van der Waals surface area contributed by atoms with Crippen molar-refractivity contribution >= 4 is 46.4 Å². The highest BCUT2D eigenvalue weighted by molar-refractivity contribution is 6.36. The van der Waals surface area contributed by atoms with Crippen LogP contribution in [0.2, 0.25) is 15.1 Å². The monoisotopic (exact) mass is 319 g/mol. The summed E-state index contributed by atoms with van der Waals surface area (Å²) < 4.78 is 0. The summed E-state index contributed by atoms with van der Waals surface area (Å²) in [6, 6.07) is 7.13. The number of hydrogen-bond acceptors (Lipinski definition) is 1. The Bertz CT molecular complexity index is 556. The predicted octanol–water partition coefficient (Wildman–Crippen LogP) is 5.56. The van der Waals surface area contributed by atoms with E-state index in [9.17, 15) is 0 Å². The Balaban J connectivity index is 2.22. The summed E-state index contributed by atoms with van der Waals surface area (Å²) in [4.78, 5) is 3.94. The molecule has 5 heteroatoms. The number of benzene rings is 1. The van der Waals surface area contributed by atoms with E-state index < -0.39 is 0 Å². The van der Waals surface area contributed by atoms with Gasteiger partial charge in [0.1, 0.15) is 0 Å². The highest BCUT2D eigenvalue weighted by Gasteiger charge is 2.14. The van der Waals surface area contributed by atoms with E-state index in [4.69, 9.17) is 46.4 Å². The van der Waals surface area contributed by atoms with Crippen LogP contribution in [0.1, 0.15) is 16.5 Å². The van der Waals surface area contributed by atoms with Gasteiger partial charge in [0, 0.05) is 22.4 Å². The Morgan fingerprint density at radius 3 is 2.50 bits per heavy atom. The number of rotatable bonds is 3. The molecule has 1 heterocycles. The van der Waals surface area contributed by atoms with Crippen molar-refractivity contribution in [3.8, 4) is 0 Å². The molecule has 0 saturated carbocycles. The standard InChI is InChI=1S/C13H9Cl4N/c14-9-1-2-10(12(16)6-9)11(15)5-8-3-4-18-7-13(8)17/h1-4,6-7,11H,5H2. The molecular weight excluding hydrogens is 312 g/mol. The van der Waals surface area contributed by atoms with E-state index in [1.807, 2.05) is 12.1 Å². The maximum atomic E-state index is 6.36. The van der Waals surface area contributed by atoms with Crippen molar-refractivity contribution in [2.45, 2.75) is 11.8 Å². The van der Waals surface area contributed by atoms with E-state index in [0.717, 1.165) is 11.1 Å². The third-order valence-corrected chi connectivity index (χ3v) is 3.85. The quantitative estimate of drug-likeness (QED) is 0.674. The average Bonchev–Trinajstić information content (AvgIpc) is 2.32. The summed E-state index contributed by atoms with van der Waals surface area (Å²) in [5.74, 6) is 0. The molecule has 0 spiro atoms. The van der Waals surface area contributed by atoms with Crippen LogP contribution in [-0.2, 0) is 6.42 Å². The lowest BCUT2D eigenvalue weighted by molar-refractivity contribution is 0.917. The van der Waals surface area contributed by atoms with E-state index in [1.165, 1.54) is 0 Å². The van der Waals surface area contributed by atoms with Gasteiger partial charge >= 0.3 is 0 Å². The van der Waals surface area contributed by atoms with E-state index in [0.29, 0.717) is 21.5 Å². The van der Waals surface area contributed by atoms with Gasteiger partial charge in [-0.05, 0) is 35.7 Å². The van der Waals surface area contributed by atoms with E-state index in [-0.39, 0.29) is 5.38 Å². The van der Waals surface area contributed by atoms with Crippen LogP contribution in [0.3, 0.4) is 0 Å². The Hall–Kier alpha value is -0.470. The molecule has 2 rings (SSSR count). The molecule has 0 amide bonds. The second kappa shape index (κ2) is 6.12. The molecule has 18 heavy (non-hydrogen) atoms. The molecule has 2 aromatic rings. The van der Waals surface area contributed by atoms with Crippen molar-refractivity contribution in [2.75, 3.05) is 0 Å². The van der Waals surface area contributed by atoms with Crippen LogP contribution in [0, 0.1) is 0 Å². The molecule has 0 bridgehead atoms. The van der Waals surface area contributed by atoms with Gasteiger partial charge in [0.2, 0.25) is 0 Å². The summed E-state index contributed by atoms with van der Waals surface area (Å²) in [6.45, 7) is 0. The topological polar surface area (TPSA) is 12.9 Å². The zero-order valence-corrected chi connectivity index (χ0v) is 12.2. The predicted molar refractivity (Wildman–Crippen MR) is 78.0 cm³/mol. The van der Waals surface area contributed by atoms with Gasteiger partial charge in [0.05, 0.1) is 10.4 Å². The van der Waals surface area contributed by atoms with Crippen LogP contribution in [0.4, 0.5) is 0 Å². The first-order valence-electron chi connectivity index (χ1n) is 5.25. The first kappa shape index (κ1) is 14.0. The first-order chi connectivity index (χ1) is 8.58. The van der Waals surface area contributed by atoms with Crippen LogP contribution < -0.4 is 0 Å². The van der Waals surface area contributed by atoms with Crippen LogP contribution in [0.15, 0.2) is 36.7 Å². The molecule has 1 aromatic heterocycles. The lowest BCUT2D eigenvalue weighted by Crippen LogP contribution is -1.98. The molecular formula is C13H9Cl4N. The number of nitrogens with zero attached hydrogens (tertiary/aromatic N) is 1. The third kappa shape index (κ3) is 3.30. The molecule has 1 aromatic carbocycles. The highest BCUT2D eigenvalue weighted by atomic mass is 35.5. The zero-order valence-electron chi connectivity index (χ0n) is 9.21. The fraction of sp³-hybridized carbons (Fsp3) is 0.154. The van der Waals surface area contributed by atoms with Crippen LogP contribution in [0.5, 0.6) is 0 Å². The summed E-state index contributed by atoms with van der Waals surface area (Å²) in [6.07, 6.45) is 3.88. The molecule has 0 saturated heterocycles. The fourth-order valence-corrected chi connectivity index (χ4v) is 2.78. The van der Waals surface area contributed by atoms with Gasteiger partial charge in [-0.3, -0.25) is 4.98 Å². The average molecular weight is 321 g/mol. The number of hydrogen-bond donors (Lipinski definition) is 0. The summed E-state index contributed by atoms with van der Waals surface area (Å²) >= 11 is 24.4. The zero-order chi connectivity index (χ0) is 13.1. The second-order valence-corrected chi connectivity index (χ2v) is 5.58. The Morgan fingerprint density at radius 1 is 1.06 bits per heavy atom. The lowest BCUT2D eigenvalue weighted by Gasteiger charge is -2.12. The normalized spacial score (nSPS) is 12.4. The van der Waals surface area contributed by atoms with Gasteiger partial charge in [-0.1, -0.05) is 40.9 Å². The molecule has 0 N–H and O–H groups in total. The van der Waals surface area contributed by atoms with Crippen LogP contribution in [0.25, 0.3) is 0 Å². The van der Waals surface area contributed by atoms with Crippen molar-refractivity contribution in [3.05, 3.63) is 62.9 Å². The minimum Gasteiger partial charge on any atom is -0.263 e. The largest absolute Gasteiger partial charge is 0.263 e. The summed E-state index contributed by atoms with van der Waals surface area (Å²) in [7, 11) is 0. The van der Waals surface area contributed by atoms with Gasteiger partial charge in [0.25, 0.3) is 0 Å². The van der Waals surface area contributed by atoms with Crippen molar-refractivity contribution in [1.29, 1.82) is 0 Å². The molecule has 0 aliphatic carbocycles. The fourth-order valence-electron chi connectivity index (χ4n) is 1.63. The Labute approximate surface area is 126 Å². The second-order valence-electron chi connectivity index (χ2n) is 3.80. The van der Waals surface area contributed by atoms with Crippen LogP contribution >= 0.6 is 46.4 Å². The van der Waals surface area contributed by atoms with E-state index in [2.05, 4.69) is 4.98 Å². The molecule has 1 unspecified atom stereocenters. The van der Waals surface area contributed by atoms with Crippen molar-refractivity contribution < 1.29 is 0 Å². The Morgan fingerprint density at radius 2 is 1.83 bits per heavy atom. The minimum atomic E-state index is -0.255. The number of aromatic nitrogens is 1. The van der Waals surface area contributed by atoms with Crippen molar-refractivity contribution in [1.82, 2.24) is 4.98 Å². The number of alkyl halides is 1. The highest BCUT2D eigenvalue weighted by Crippen LogP contribution is 2.33. The number of pyridine rings is 1. The van der Waals surface area contributed by atoms with Gasteiger partial charge < -0.3 is 0 Å². The summed E-state index contributed by atoms with van der Waals surface area (Å²) in [5.41, 5.74) is 1.79. The first-order valence-corrected chi connectivity index (χ1v) is 6.82. The van der Waals surface area contributed by atoms with Gasteiger partial charge in [0.15, 0.2) is 0 Å². The molecule has 94 valence electrons. The maximum absolute atomic E-state index is 6.36. The summed E-state index contributed by atoms with van der Waals surface area (Å²) in [5, 5.41) is 1.50. The maximum Gasteiger partial charge on any atom is 0.0640 e. The molecule has 1 atom stereocenters. The molecule has 0 fully saturated rings. The van der Waals surface area contributed by atoms with E-state index >= 15 is 0 Å². The molecule has 0 aliphatic heterocycles. The van der Waals surface area contributed by atoms with Crippen molar-refractivity contribution in [2.24, 2.45) is 0 Å². The van der Waals surface area contributed by atoms with Crippen molar-refractivity contribution in [3.63, 3.8) is 0 Å². The van der Waals surface area contributed by atoms with E-state index in [1.54, 1.807) is 24.5 Å². The minimum absolute atomic E-state index is 0.255. The number of halogens is 4. The smallest absolute Gasteiger partial charge is 0.0640 e. The molecule has 1 nitrogen and oxygen atoms in total. The molecule has 0 radical (unpaired) electrons. The van der Waals surface area contributed by atoms with Gasteiger partial charge in [-0.2, -0.15) is 0 Å². The SMILES string of the molecule is Clc1ccc(C(Cl)Cc2ccncc2Cl)c(Cl)c1. The Kier molecular flexibility index (Phi) is 4.74. The molecule has 0 aliphatic rings. The lowest BCUT2D eigenvalue weighted by atomic mass is 10.0. The van der Waals surface area contributed by atoms with Gasteiger partial charge in [-0.25, -0.2) is 0 Å². The third-order valence-electron chi connectivity index (χ3n) is 2.56.